The lowest BCUT2D eigenvalue weighted by atomic mass is 10.2. The van der Waals surface area contributed by atoms with Gasteiger partial charge in [-0.05, 0) is 50.2 Å². The zero-order chi connectivity index (χ0) is 21.8. The molecule has 0 saturated carbocycles. The predicted molar refractivity (Wildman–Crippen MR) is 115 cm³/mol. The molecular formula is C23H21N3O5. The SMILES string of the molecule is Cc1ccc(OCC(=O)Nc2ccc(OCc3cc(=O)n4oc(C)cc4n3)cc2)cc1. The molecule has 0 aliphatic carbocycles. The van der Waals surface area contributed by atoms with Crippen molar-refractivity contribution < 1.29 is 18.8 Å². The Morgan fingerprint density at radius 2 is 1.68 bits per heavy atom. The van der Waals surface area contributed by atoms with Gasteiger partial charge in [-0.3, -0.25) is 9.59 Å². The van der Waals surface area contributed by atoms with Gasteiger partial charge in [-0.1, -0.05) is 17.7 Å². The van der Waals surface area contributed by atoms with Crippen LogP contribution in [0.5, 0.6) is 11.5 Å². The summed E-state index contributed by atoms with van der Waals surface area (Å²) in [6.45, 7) is 3.78. The fraction of sp³-hybridized carbons (Fsp3) is 0.174. The summed E-state index contributed by atoms with van der Waals surface area (Å²) in [4.78, 5) is 28.5. The molecule has 0 unspecified atom stereocenters. The Morgan fingerprint density at radius 1 is 1.00 bits per heavy atom. The lowest BCUT2D eigenvalue weighted by Gasteiger charge is -2.09. The molecule has 0 fully saturated rings. The number of aromatic nitrogens is 2. The van der Waals surface area contributed by atoms with Crippen molar-refractivity contribution in [3.8, 4) is 11.5 Å². The quantitative estimate of drug-likeness (QED) is 0.493. The van der Waals surface area contributed by atoms with Gasteiger partial charge in [0.05, 0.1) is 5.69 Å². The van der Waals surface area contributed by atoms with Gasteiger partial charge in [-0.2, -0.15) is 0 Å². The van der Waals surface area contributed by atoms with Gasteiger partial charge in [0.25, 0.3) is 11.5 Å². The minimum absolute atomic E-state index is 0.0848. The van der Waals surface area contributed by atoms with E-state index in [0.717, 1.165) is 10.1 Å². The van der Waals surface area contributed by atoms with E-state index in [1.807, 2.05) is 31.2 Å². The lowest BCUT2D eigenvalue weighted by Crippen LogP contribution is -2.20. The second-order valence-corrected chi connectivity index (χ2v) is 7.05. The van der Waals surface area contributed by atoms with Gasteiger partial charge in [-0.25, -0.2) is 4.98 Å². The molecule has 0 aliphatic heterocycles. The fourth-order valence-corrected chi connectivity index (χ4v) is 2.92. The van der Waals surface area contributed by atoms with Crippen LogP contribution >= 0.6 is 0 Å². The van der Waals surface area contributed by atoms with Crippen LogP contribution in [0.2, 0.25) is 0 Å². The molecule has 2 heterocycles. The smallest absolute Gasteiger partial charge is 0.287 e. The Kier molecular flexibility index (Phi) is 5.70. The minimum atomic E-state index is -0.303. The molecule has 0 atom stereocenters. The van der Waals surface area contributed by atoms with Crippen LogP contribution in [0.1, 0.15) is 17.0 Å². The highest BCUT2D eigenvalue weighted by molar-refractivity contribution is 5.91. The van der Waals surface area contributed by atoms with Crippen LogP contribution in [0.4, 0.5) is 5.69 Å². The van der Waals surface area contributed by atoms with E-state index in [0.29, 0.717) is 34.3 Å². The molecule has 0 radical (unpaired) electrons. The summed E-state index contributed by atoms with van der Waals surface area (Å²) >= 11 is 0. The highest BCUT2D eigenvalue weighted by Gasteiger charge is 2.08. The number of rotatable bonds is 7. The average molecular weight is 419 g/mol. The van der Waals surface area contributed by atoms with E-state index in [1.54, 1.807) is 37.3 Å². The van der Waals surface area contributed by atoms with Gasteiger partial charge in [0.2, 0.25) is 0 Å². The molecule has 4 aromatic rings. The van der Waals surface area contributed by atoms with Crippen LogP contribution in [0.15, 0.2) is 70.0 Å². The Balaban J connectivity index is 1.30. The zero-order valence-electron chi connectivity index (χ0n) is 17.1. The summed E-state index contributed by atoms with van der Waals surface area (Å²) < 4.78 is 17.6. The number of fused-ring (bicyclic) bond motifs is 1. The van der Waals surface area contributed by atoms with Crippen LogP contribution in [-0.2, 0) is 11.4 Å². The molecule has 8 heteroatoms. The number of hydrogen-bond donors (Lipinski definition) is 1. The molecule has 31 heavy (non-hydrogen) atoms. The normalized spacial score (nSPS) is 10.8. The highest BCUT2D eigenvalue weighted by Crippen LogP contribution is 2.17. The molecule has 0 saturated heterocycles. The van der Waals surface area contributed by atoms with Gasteiger partial charge >= 0.3 is 0 Å². The number of anilines is 1. The maximum Gasteiger partial charge on any atom is 0.287 e. The maximum absolute atomic E-state index is 12.1. The van der Waals surface area contributed by atoms with Crippen LogP contribution in [0.25, 0.3) is 5.65 Å². The third kappa shape index (κ3) is 5.11. The fourth-order valence-electron chi connectivity index (χ4n) is 2.92. The van der Waals surface area contributed by atoms with Crippen LogP contribution in [0, 0.1) is 13.8 Å². The van der Waals surface area contributed by atoms with E-state index < -0.39 is 0 Å². The first-order valence-electron chi connectivity index (χ1n) is 9.68. The van der Waals surface area contributed by atoms with Crippen molar-refractivity contribution >= 4 is 17.2 Å². The van der Waals surface area contributed by atoms with E-state index in [4.69, 9.17) is 14.0 Å². The van der Waals surface area contributed by atoms with Crippen molar-refractivity contribution in [1.29, 1.82) is 0 Å². The van der Waals surface area contributed by atoms with Gasteiger partial charge in [0, 0.05) is 17.8 Å². The van der Waals surface area contributed by atoms with Gasteiger partial charge in [0.1, 0.15) is 23.9 Å². The van der Waals surface area contributed by atoms with Gasteiger partial charge in [0.15, 0.2) is 12.3 Å². The van der Waals surface area contributed by atoms with E-state index in [2.05, 4.69) is 10.3 Å². The van der Waals surface area contributed by atoms with Crippen molar-refractivity contribution in [2.45, 2.75) is 20.5 Å². The average Bonchev–Trinajstić information content (AvgIpc) is 3.14. The van der Waals surface area contributed by atoms with E-state index >= 15 is 0 Å². The van der Waals surface area contributed by atoms with E-state index in [-0.39, 0.29) is 24.7 Å². The summed E-state index contributed by atoms with van der Waals surface area (Å²) in [5.74, 6) is 1.56. The van der Waals surface area contributed by atoms with Crippen molar-refractivity contribution in [3.05, 3.63) is 88.0 Å². The molecule has 1 N–H and O–H groups in total. The summed E-state index contributed by atoms with van der Waals surface area (Å²) in [5.41, 5.74) is 2.38. The number of amides is 1. The molecule has 8 nitrogen and oxygen atoms in total. The topological polar surface area (TPSA) is 95.1 Å². The minimum Gasteiger partial charge on any atom is -0.487 e. The number of hydrogen-bond acceptors (Lipinski definition) is 6. The number of nitrogens with one attached hydrogen (secondary N) is 1. The van der Waals surface area contributed by atoms with Gasteiger partial charge < -0.3 is 19.3 Å². The van der Waals surface area contributed by atoms with E-state index in [9.17, 15) is 9.59 Å². The molecule has 0 spiro atoms. The lowest BCUT2D eigenvalue weighted by molar-refractivity contribution is -0.118. The molecule has 4 rings (SSSR count). The standard InChI is InChI=1S/C23H21N3O5/c1-15-3-7-19(8-4-15)30-14-22(27)25-17-5-9-20(10-6-17)29-13-18-12-23(28)26-21(24-18)11-16(2)31-26/h3-12H,13-14H2,1-2H3,(H,25,27). The summed E-state index contributed by atoms with van der Waals surface area (Å²) in [5, 5.41) is 2.77. The number of benzene rings is 2. The van der Waals surface area contributed by atoms with Crippen molar-refractivity contribution in [1.82, 2.24) is 9.56 Å². The molecule has 0 bridgehead atoms. The third-order valence-electron chi connectivity index (χ3n) is 4.44. The third-order valence-corrected chi connectivity index (χ3v) is 4.44. The number of ether oxygens (including phenoxy) is 2. The molecule has 2 aromatic carbocycles. The Bertz CT molecular complexity index is 1260. The first-order valence-corrected chi connectivity index (χ1v) is 9.68. The van der Waals surface area contributed by atoms with Crippen LogP contribution in [0.3, 0.4) is 0 Å². The molecule has 158 valence electrons. The van der Waals surface area contributed by atoms with Crippen molar-refractivity contribution in [2.24, 2.45) is 0 Å². The Hall–Kier alpha value is -4.07. The number of carbonyl (C=O) groups is 1. The van der Waals surface area contributed by atoms with Crippen LogP contribution in [-0.4, -0.2) is 22.1 Å². The van der Waals surface area contributed by atoms with Gasteiger partial charge in [-0.15, -0.1) is 4.57 Å². The first-order chi connectivity index (χ1) is 15.0. The largest absolute Gasteiger partial charge is 0.487 e. The number of nitrogens with zero attached hydrogens (tertiary/aromatic N) is 2. The van der Waals surface area contributed by atoms with E-state index in [1.165, 1.54) is 6.07 Å². The number of carbonyl (C=O) groups excluding carboxylic acids is 1. The van der Waals surface area contributed by atoms with Crippen molar-refractivity contribution in [2.75, 3.05) is 11.9 Å². The zero-order valence-corrected chi connectivity index (χ0v) is 17.1. The molecule has 2 aromatic heterocycles. The Morgan fingerprint density at radius 3 is 2.42 bits per heavy atom. The monoisotopic (exact) mass is 419 g/mol. The molecule has 0 aliphatic rings. The van der Waals surface area contributed by atoms with Crippen molar-refractivity contribution in [3.63, 3.8) is 0 Å². The second-order valence-electron chi connectivity index (χ2n) is 7.05. The summed E-state index contributed by atoms with van der Waals surface area (Å²) in [6.07, 6.45) is 0. The van der Waals surface area contributed by atoms with Crippen LogP contribution < -0.4 is 20.3 Å². The summed E-state index contributed by atoms with van der Waals surface area (Å²) in [7, 11) is 0. The highest BCUT2D eigenvalue weighted by atomic mass is 16.5. The predicted octanol–water partition coefficient (Wildman–Crippen LogP) is 3.50. The Labute approximate surface area is 178 Å². The first kappa shape index (κ1) is 20.2. The number of aryl methyl sites for hydroxylation is 2. The maximum atomic E-state index is 12.1. The summed E-state index contributed by atoms with van der Waals surface area (Å²) in [6, 6.07) is 17.5. The molecule has 1 amide bonds. The molecular weight excluding hydrogens is 398 g/mol. The second kappa shape index (κ2) is 8.74.